The Hall–Kier alpha value is -2.24. The Morgan fingerprint density at radius 2 is 1.88 bits per heavy atom. The van der Waals surface area contributed by atoms with Gasteiger partial charge in [-0.2, -0.15) is 0 Å². The van der Waals surface area contributed by atoms with Crippen LogP contribution in [0.5, 0.6) is 0 Å². The first kappa shape index (κ1) is 17.6. The molecule has 2 heterocycles. The van der Waals surface area contributed by atoms with Gasteiger partial charge in [-0.25, -0.2) is 4.39 Å². The SMILES string of the molecule is CCC(C)C(=O)N1CCC2(CC1)C(=O)NC(=O)C2c1ccc(F)cc1. The van der Waals surface area contributed by atoms with Gasteiger partial charge in [0, 0.05) is 19.0 Å². The van der Waals surface area contributed by atoms with Crippen LogP contribution in [0.4, 0.5) is 4.39 Å². The van der Waals surface area contributed by atoms with E-state index in [4.69, 9.17) is 0 Å². The van der Waals surface area contributed by atoms with Crippen molar-refractivity contribution in [2.75, 3.05) is 13.1 Å². The second-order valence-electron chi connectivity index (χ2n) is 7.09. The number of nitrogens with zero attached hydrogens (tertiary/aromatic N) is 1. The summed E-state index contributed by atoms with van der Waals surface area (Å²) in [4.78, 5) is 39.1. The summed E-state index contributed by atoms with van der Waals surface area (Å²) in [6.45, 7) is 4.80. The summed E-state index contributed by atoms with van der Waals surface area (Å²) in [5.74, 6) is -1.56. The fraction of sp³-hybridized carbons (Fsp3) is 0.526. The largest absolute Gasteiger partial charge is 0.342 e. The molecule has 2 aliphatic rings. The normalized spacial score (nSPS) is 23.6. The molecule has 5 nitrogen and oxygen atoms in total. The van der Waals surface area contributed by atoms with Crippen molar-refractivity contribution in [3.8, 4) is 0 Å². The third kappa shape index (κ3) is 2.94. The summed E-state index contributed by atoms with van der Waals surface area (Å²) in [6, 6.07) is 5.74. The number of carbonyl (C=O) groups is 3. The summed E-state index contributed by atoms with van der Waals surface area (Å²) < 4.78 is 13.2. The zero-order chi connectivity index (χ0) is 18.2. The molecule has 134 valence electrons. The molecule has 2 saturated heterocycles. The Balaban J connectivity index is 1.84. The highest BCUT2D eigenvalue weighted by atomic mass is 19.1. The number of benzene rings is 1. The van der Waals surface area contributed by atoms with Gasteiger partial charge in [-0.15, -0.1) is 0 Å². The Morgan fingerprint density at radius 3 is 2.44 bits per heavy atom. The molecule has 0 aromatic heterocycles. The topological polar surface area (TPSA) is 66.5 Å². The molecular formula is C19H23FN2O3. The minimum Gasteiger partial charge on any atom is -0.342 e. The number of nitrogens with one attached hydrogen (secondary N) is 1. The lowest BCUT2D eigenvalue weighted by atomic mass is 9.67. The lowest BCUT2D eigenvalue weighted by molar-refractivity contribution is -0.141. The molecule has 1 aromatic rings. The third-order valence-corrected chi connectivity index (χ3v) is 5.71. The molecule has 1 spiro atoms. The zero-order valence-corrected chi connectivity index (χ0v) is 14.5. The van der Waals surface area contributed by atoms with E-state index in [0.29, 0.717) is 31.5 Å². The Kier molecular flexibility index (Phi) is 4.62. The van der Waals surface area contributed by atoms with Crippen molar-refractivity contribution >= 4 is 17.7 Å². The van der Waals surface area contributed by atoms with Gasteiger partial charge in [-0.05, 0) is 37.0 Å². The Morgan fingerprint density at radius 1 is 1.28 bits per heavy atom. The first-order valence-electron chi connectivity index (χ1n) is 8.78. The first-order chi connectivity index (χ1) is 11.9. The van der Waals surface area contributed by atoms with Crippen LogP contribution in [0, 0.1) is 17.2 Å². The van der Waals surface area contributed by atoms with Gasteiger partial charge in [0.25, 0.3) is 0 Å². The number of imide groups is 1. The molecule has 2 unspecified atom stereocenters. The molecule has 1 aromatic carbocycles. The number of hydrogen-bond donors (Lipinski definition) is 1. The summed E-state index contributed by atoms with van der Waals surface area (Å²) in [5, 5.41) is 2.44. The number of amides is 3. The maximum absolute atomic E-state index is 13.2. The van der Waals surface area contributed by atoms with Crippen LogP contribution >= 0.6 is 0 Å². The molecule has 2 fully saturated rings. The number of piperidine rings is 1. The molecule has 25 heavy (non-hydrogen) atoms. The maximum Gasteiger partial charge on any atom is 0.235 e. The molecule has 0 aliphatic carbocycles. The second kappa shape index (κ2) is 6.58. The zero-order valence-electron chi connectivity index (χ0n) is 14.5. The average Bonchev–Trinajstić information content (AvgIpc) is 2.85. The molecule has 3 rings (SSSR count). The fourth-order valence-corrected chi connectivity index (χ4v) is 3.94. The van der Waals surface area contributed by atoms with Gasteiger partial charge in [0.15, 0.2) is 0 Å². The molecule has 1 N–H and O–H groups in total. The number of hydrogen-bond acceptors (Lipinski definition) is 3. The lowest BCUT2D eigenvalue weighted by Gasteiger charge is -2.41. The molecular weight excluding hydrogens is 323 g/mol. The smallest absolute Gasteiger partial charge is 0.235 e. The van der Waals surface area contributed by atoms with Crippen molar-refractivity contribution in [3.63, 3.8) is 0 Å². The number of likely N-dealkylation sites (tertiary alicyclic amines) is 1. The van der Waals surface area contributed by atoms with Gasteiger partial charge in [0.1, 0.15) is 5.82 Å². The monoisotopic (exact) mass is 346 g/mol. The van der Waals surface area contributed by atoms with Crippen molar-refractivity contribution in [3.05, 3.63) is 35.6 Å². The quantitative estimate of drug-likeness (QED) is 0.854. The predicted molar refractivity (Wildman–Crippen MR) is 90.0 cm³/mol. The van der Waals surface area contributed by atoms with Crippen LogP contribution < -0.4 is 5.32 Å². The van der Waals surface area contributed by atoms with Crippen molar-refractivity contribution in [2.45, 2.75) is 39.0 Å². The van der Waals surface area contributed by atoms with Gasteiger partial charge in [0.05, 0.1) is 11.3 Å². The van der Waals surface area contributed by atoms with E-state index in [1.54, 1.807) is 17.0 Å². The Labute approximate surface area is 146 Å². The minimum absolute atomic E-state index is 0.0408. The van der Waals surface area contributed by atoms with E-state index < -0.39 is 11.3 Å². The number of carbonyl (C=O) groups excluding carboxylic acids is 3. The highest BCUT2D eigenvalue weighted by Gasteiger charge is 2.56. The van der Waals surface area contributed by atoms with Gasteiger partial charge >= 0.3 is 0 Å². The van der Waals surface area contributed by atoms with Crippen LogP contribution in [0.1, 0.15) is 44.6 Å². The van der Waals surface area contributed by atoms with E-state index >= 15 is 0 Å². The molecule has 2 atom stereocenters. The second-order valence-corrected chi connectivity index (χ2v) is 7.09. The fourth-order valence-electron chi connectivity index (χ4n) is 3.94. The van der Waals surface area contributed by atoms with Crippen LogP contribution in [0.2, 0.25) is 0 Å². The van der Waals surface area contributed by atoms with Crippen LogP contribution in [0.25, 0.3) is 0 Å². The highest BCUT2D eigenvalue weighted by molar-refractivity contribution is 6.10. The summed E-state index contributed by atoms with van der Waals surface area (Å²) in [5.41, 5.74) is -0.201. The summed E-state index contributed by atoms with van der Waals surface area (Å²) >= 11 is 0. The third-order valence-electron chi connectivity index (χ3n) is 5.71. The van der Waals surface area contributed by atoms with E-state index in [1.165, 1.54) is 12.1 Å². The van der Waals surface area contributed by atoms with E-state index in [2.05, 4.69) is 5.32 Å². The van der Waals surface area contributed by atoms with E-state index in [9.17, 15) is 18.8 Å². The number of halogens is 1. The average molecular weight is 346 g/mol. The van der Waals surface area contributed by atoms with Gasteiger partial charge in [-0.1, -0.05) is 26.0 Å². The van der Waals surface area contributed by atoms with Crippen molar-refractivity contribution < 1.29 is 18.8 Å². The van der Waals surface area contributed by atoms with Crippen LogP contribution in [0.3, 0.4) is 0 Å². The van der Waals surface area contributed by atoms with Crippen molar-refractivity contribution in [1.29, 1.82) is 0 Å². The van der Waals surface area contributed by atoms with E-state index in [1.807, 2.05) is 13.8 Å². The molecule has 3 amide bonds. The van der Waals surface area contributed by atoms with E-state index in [0.717, 1.165) is 6.42 Å². The molecule has 6 heteroatoms. The Bertz CT molecular complexity index is 693. The van der Waals surface area contributed by atoms with Gasteiger partial charge in [-0.3, -0.25) is 19.7 Å². The molecule has 0 bridgehead atoms. The maximum atomic E-state index is 13.2. The van der Waals surface area contributed by atoms with Gasteiger partial charge < -0.3 is 4.90 Å². The standard InChI is InChI=1S/C19H23FN2O3/c1-3-12(2)17(24)22-10-8-19(9-11-22)15(16(23)21-18(19)25)13-4-6-14(20)7-5-13/h4-7,12,15H,3,8-11H2,1-2H3,(H,21,23,25). The first-order valence-corrected chi connectivity index (χ1v) is 8.78. The minimum atomic E-state index is -0.846. The van der Waals surface area contributed by atoms with Crippen molar-refractivity contribution in [2.24, 2.45) is 11.3 Å². The van der Waals surface area contributed by atoms with Crippen molar-refractivity contribution in [1.82, 2.24) is 10.2 Å². The summed E-state index contributed by atoms with van der Waals surface area (Å²) in [7, 11) is 0. The highest BCUT2D eigenvalue weighted by Crippen LogP contribution is 2.48. The molecule has 0 saturated carbocycles. The predicted octanol–water partition coefficient (Wildman–Crippen LogP) is 2.22. The van der Waals surface area contributed by atoms with Crippen LogP contribution in [-0.4, -0.2) is 35.7 Å². The molecule has 0 radical (unpaired) electrons. The van der Waals surface area contributed by atoms with Crippen LogP contribution in [-0.2, 0) is 14.4 Å². The van der Waals surface area contributed by atoms with Crippen LogP contribution in [0.15, 0.2) is 24.3 Å². The van der Waals surface area contributed by atoms with E-state index in [-0.39, 0.29) is 29.5 Å². The lowest BCUT2D eigenvalue weighted by Crippen LogP contribution is -2.49. The van der Waals surface area contributed by atoms with Gasteiger partial charge in [0.2, 0.25) is 17.7 Å². The summed E-state index contributed by atoms with van der Waals surface area (Å²) in [6.07, 6.45) is 1.65. The molecule has 2 aliphatic heterocycles. The number of rotatable bonds is 3.